The van der Waals surface area contributed by atoms with E-state index in [0.717, 1.165) is 22.7 Å². The van der Waals surface area contributed by atoms with Gasteiger partial charge in [-0.15, -0.1) is 0 Å². The number of aryl methyl sites for hydroxylation is 1. The minimum Gasteiger partial charge on any atom is -0.494 e. The van der Waals surface area contributed by atoms with Crippen LogP contribution in [0, 0.1) is 5.82 Å². The predicted molar refractivity (Wildman–Crippen MR) is 60.2 cm³/mol. The van der Waals surface area contributed by atoms with Gasteiger partial charge in [-0.25, -0.2) is 4.39 Å². The van der Waals surface area contributed by atoms with E-state index in [0.29, 0.717) is 5.58 Å². The molecule has 2 nitrogen and oxygen atoms in total. The first kappa shape index (κ1) is 10.5. The smallest absolute Gasteiger partial charge is 0.168 e. The Balaban J connectivity index is 2.58. The quantitative estimate of drug-likeness (QED) is 0.798. The molecule has 0 atom stereocenters. The Morgan fingerprint density at radius 1 is 1.47 bits per heavy atom. The van der Waals surface area contributed by atoms with Crippen molar-refractivity contribution in [2.75, 3.05) is 12.4 Å². The molecule has 15 heavy (non-hydrogen) atoms. The van der Waals surface area contributed by atoms with Crippen LogP contribution in [0.1, 0.15) is 5.56 Å². The summed E-state index contributed by atoms with van der Waals surface area (Å²) in [4.78, 5) is 0. The van der Waals surface area contributed by atoms with E-state index in [1.807, 2.05) is 0 Å². The van der Waals surface area contributed by atoms with Crippen LogP contribution in [0.2, 0.25) is 0 Å². The van der Waals surface area contributed by atoms with Crippen molar-refractivity contribution in [3.63, 3.8) is 0 Å². The van der Waals surface area contributed by atoms with Crippen LogP contribution in [0.5, 0.6) is 5.75 Å². The molecule has 0 saturated heterocycles. The molecule has 0 spiro atoms. The summed E-state index contributed by atoms with van der Waals surface area (Å²) in [6, 6.07) is 3.03. The van der Waals surface area contributed by atoms with E-state index in [-0.39, 0.29) is 5.75 Å². The lowest BCUT2D eigenvalue weighted by atomic mass is 10.1. The van der Waals surface area contributed by atoms with Gasteiger partial charge in [-0.2, -0.15) is 0 Å². The third-order valence-electron chi connectivity index (χ3n) is 2.29. The average molecular weight is 273 g/mol. The lowest BCUT2D eigenvalue weighted by Crippen LogP contribution is -1.88. The molecule has 1 aromatic carbocycles. The molecule has 0 amide bonds. The van der Waals surface area contributed by atoms with Crippen LogP contribution >= 0.6 is 15.9 Å². The number of benzene rings is 1. The van der Waals surface area contributed by atoms with Gasteiger partial charge >= 0.3 is 0 Å². The fourth-order valence-corrected chi connectivity index (χ4v) is 1.96. The van der Waals surface area contributed by atoms with Crippen molar-refractivity contribution in [2.24, 2.45) is 0 Å². The van der Waals surface area contributed by atoms with Crippen molar-refractivity contribution in [1.82, 2.24) is 0 Å². The number of methoxy groups -OCH3 is 1. The topological polar surface area (TPSA) is 22.4 Å². The van der Waals surface area contributed by atoms with E-state index >= 15 is 0 Å². The van der Waals surface area contributed by atoms with E-state index < -0.39 is 5.82 Å². The Morgan fingerprint density at radius 3 is 2.93 bits per heavy atom. The normalized spacial score (nSPS) is 10.9. The van der Waals surface area contributed by atoms with Gasteiger partial charge in [0.05, 0.1) is 13.4 Å². The number of hydrogen-bond donors (Lipinski definition) is 0. The molecule has 1 aromatic heterocycles. The minimum absolute atomic E-state index is 0.250. The summed E-state index contributed by atoms with van der Waals surface area (Å²) in [7, 11) is 1.45. The first-order valence-corrected chi connectivity index (χ1v) is 5.68. The van der Waals surface area contributed by atoms with Crippen molar-refractivity contribution in [1.29, 1.82) is 0 Å². The van der Waals surface area contributed by atoms with Gasteiger partial charge in [-0.1, -0.05) is 15.9 Å². The van der Waals surface area contributed by atoms with Gasteiger partial charge in [0.1, 0.15) is 5.58 Å². The lowest BCUT2D eigenvalue weighted by Gasteiger charge is -2.01. The molecule has 4 heteroatoms. The second kappa shape index (κ2) is 4.23. The lowest BCUT2D eigenvalue weighted by molar-refractivity contribution is 0.387. The van der Waals surface area contributed by atoms with Crippen molar-refractivity contribution < 1.29 is 13.5 Å². The molecule has 0 saturated carbocycles. The molecule has 2 aromatic rings. The zero-order valence-corrected chi connectivity index (χ0v) is 9.80. The van der Waals surface area contributed by atoms with Crippen LogP contribution in [0.25, 0.3) is 11.0 Å². The van der Waals surface area contributed by atoms with Crippen LogP contribution < -0.4 is 4.74 Å². The molecular formula is C11H10BrFO2. The Bertz CT molecular complexity index is 479. The van der Waals surface area contributed by atoms with Crippen LogP contribution in [-0.4, -0.2) is 12.4 Å². The van der Waals surface area contributed by atoms with Crippen molar-refractivity contribution in [3.05, 3.63) is 29.8 Å². The highest BCUT2D eigenvalue weighted by Crippen LogP contribution is 2.28. The monoisotopic (exact) mass is 272 g/mol. The largest absolute Gasteiger partial charge is 0.494 e. The maximum absolute atomic E-state index is 13.3. The molecule has 0 radical (unpaired) electrons. The van der Waals surface area contributed by atoms with E-state index in [4.69, 9.17) is 9.15 Å². The van der Waals surface area contributed by atoms with Gasteiger partial charge in [0.15, 0.2) is 11.6 Å². The third-order valence-corrected chi connectivity index (χ3v) is 2.69. The van der Waals surface area contributed by atoms with Gasteiger partial charge in [-0.3, -0.25) is 0 Å². The molecule has 0 aliphatic rings. The summed E-state index contributed by atoms with van der Waals surface area (Å²) in [5.74, 6) is -0.149. The molecule has 0 aliphatic carbocycles. The van der Waals surface area contributed by atoms with E-state index in [9.17, 15) is 4.39 Å². The summed E-state index contributed by atoms with van der Waals surface area (Å²) in [5.41, 5.74) is 1.62. The standard InChI is InChI=1S/C11H10BrFO2/c1-14-11-4-8-7(2-3-12)6-15-10(8)5-9(11)13/h4-6H,2-3H2,1H3. The fraction of sp³-hybridized carbons (Fsp3) is 0.273. The molecular weight excluding hydrogens is 263 g/mol. The highest BCUT2D eigenvalue weighted by molar-refractivity contribution is 9.09. The fourth-order valence-electron chi connectivity index (χ4n) is 1.53. The first-order chi connectivity index (χ1) is 7.26. The van der Waals surface area contributed by atoms with Crippen molar-refractivity contribution in [3.8, 4) is 5.75 Å². The Morgan fingerprint density at radius 2 is 2.27 bits per heavy atom. The summed E-state index contributed by atoms with van der Waals surface area (Å²) in [6.07, 6.45) is 2.51. The van der Waals surface area contributed by atoms with Gasteiger partial charge in [-0.05, 0) is 18.1 Å². The van der Waals surface area contributed by atoms with E-state index in [1.165, 1.54) is 13.2 Å². The van der Waals surface area contributed by atoms with Gasteiger partial charge in [0, 0.05) is 16.8 Å². The second-order valence-electron chi connectivity index (χ2n) is 3.18. The molecule has 2 rings (SSSR count). The number of fused-ring (bicyclic) bond motifs is 1. The Labute approximate surface area is 95.1 Å². The maximum Gasteiger partial charge on any atom is 0.168 e. The number of alkyl halides is 1. The van der Waals surface area contributed by atoms with Crippen LogP contribution in [-0.2, 0) is 6.42 Å². The van der Waals surface area contributed by atoms with Crippen LogP contribution in [0.3, 0.4) is 0 Å². The summed E-state index contributed by atoms with van der Waals surface area (Å²) < 4.78 is 23.5. The van der Waals surface area contributed by atoms with Gasteiger partial charge < -0.3 is 9.15 Å². The van der Waals surface area contributed by atoms with E-state index in [2.05, 4.69) is 15.9 Å². The second-order valence-corrected chi connectivity index (χ2v) is 3.98. The zero-order chi connectivity index (χ0) is 10.8. The highest BCUT2D eigenvalue weighted by Gasteiger charge is 2.10. The first-order valence-electron chi connectivity index (χ1n) is 4.56. The number of halogens is 2. The number of hydrogen-bond acceptors (Lipinski definition) is 2. The van der Waals surface area contributed by atoms with Crippen LogP contribution in [0.15, 0.2) is 22.8 Å². The SMILES string of the molecule is COc1cc2c(CCBr)coc2cc1F. The third kappa shape index (κ3) is 1.86. The molecule has 80 valence electrons. The molecule has 0 bridgehead atoms. The average Bonchev–Trinajstić information content (AvgIpc) is 2.60. The van der Waals surface area contributed by atoms with Crippen molar-refractivity contribution in [2.45, 2.75) is 6.42 Å². The van der Waals surface area contributed by atoms with Gasteiger partial charge in [0.2, 0.25) is 0 Å². The maximum atomic E-state index is 13.3. The molecule has 0 aliphatic heterocycles. The number of ether oxygens (including phenoxy) is 1. The highest BCUT2D eigenvalue weighted by atomic mass is 79.9. The molecule has 0 unspecified atom stereocenters. The summed E-state index contributed by atoms with van der Waals surface area (Å²) in [6.45, 7) is 0. The predicted octanol–water partition coefficient (Wildman–Crippen LogP) is 3.52. The summed E-state index contributed by atoms with van der Waals surface area (Å²) in [5, 5.41) is 1.76. The Hall–Kier alpha value is -1.03. The Kier molecular flexibility index (Phi) is 2.95. The van der Waals surface area contributed by atoms with Crippen LogP contribution in [0.4, 0.5) is 4.39 Å². The number of furan rings is 1. The molecule has 1 heterocycles. The summed E-state index contributed by atoms with van der Waals surface area (Å²) >= 11 is 3.36. The van der Waals surface area contributed by atoms with Crippen molar-refractivity contribution >= 4 is 26.9 Å². The van der Waals surface area contributed by atoms with Gasteiger partial charge in [0.25, 0.3) is 0 Å². The number of rotatable bonds is 3. The molecule has 0 fully saturated rings. The van der Waals surface area contributed by atoms with E-state index in [1.54, 1.807) is 12.3 Å². The molecule has 0 N–H and O–H groups in total. The minimum atomic E-state index is -0.398. The zero-order valence-electron chi connectivity index (χ0n) is 8.22.